The lowest BCUT2D eigenvalue weighted by Crippen LogP contribution is -2.46. The highest BCUT2D eigenvalue weighted by atomic mass is 19.1. The molecule has 9 nitrogen and oxygen atoms in total. The molecule has 0 bridgehead atoms. The molecular weight excluding hydrogens is 415 g/mol. The van der Waals surface area contributed by atoms with E-state index in [1.165, 1.54) is 0 Å². The molecule has 0 aromatic carbocycles. The molecule has 5 rings (SSSR count). The van der Waals surface area contributed by atoms with Crippen molar-refractivity contribution < 1.29 is 18.3 Å². The summed E-state index contributed by atoms with van der Waals surface area (Å²) < 4.78 is 27.2. The molecule has 4 aromatic rings. The molecule has 1 aliphatic carbocycles. The van der Waals surface area contributed by atoms with Gasteiger partial charge in [-0.1, -0.05) is 6.07 Å². The highest BCUT2D eigenvalue weighted by Crippen LogP contribution is 2.39. The van der Waals surface area contributed by atoms with E-state index in [0.29, 0.717) is 35.9 Å². The van der Waals surface area contributed by atoms with Crippen LogP contribution >= 0.6 is 0 Å². The zero-order chi connectivity index (χ0) is 22.1. The summed E-state index contributed by atoms with van der Waals surface area (Å²) in [7, 11) is 0. The average molecular weight is 436 g/mol. The number of nitrogens with one attached hydrogen (secondary N) is 2. The Hall–Kier alpha value is -3.79. The van der Waals surface area contributed by atoms with E-state index in [1.807, 2.05) is 13.0 Å². The van der Waals surface area contributed by atoms with E-state index < -0.39 is 24.2 Å². The van der Waals surface area contributed by atoms with Gasteiger partial charge in [-0.25, -0.2) is 4.39 Å². The smallest absolute Gasteiger partial charge is 0.291 e. The maximum Gasteiger partial charge on any atom is 0.291 e. The molecule has 0 spiro atoms. The Morgan fingerprint density at radius 1 is 1.38 bits per heavy atom. The number of carbonyl (C=O) groups excluding carboxylic acids is 1. The third-order valence-corrected chi connectivity index (χ3v) is 5.42. The summed E-state index contributed by atoms with van der Waals surface area (Å²) in [5.74, 6) is 0.194. The van der Waals surface area contributed by atoms with Gasteiger partial charge in [0.25, 0.3) is 5.91 Å². The van der Waals surface area contributed by atoms with Crippen LogP contribution in [-0.2, 0) is 4.74 Å². The number of rotatable bonds is 7. The molecule has 0 saturated heterocycles. The number of halogens is 1. The van der Waals surface area contributed by atoms with Gasteiger partial charge in [0.15, 0.2) is 5.76 Å². The molecule has 0 aliphatic heterocycles. The molecular formula is C22H21FN6O3. The Balaban J connectivity index is 1.41. The molecule has 32 heavy (non-hydrogen) atoms. The van der Waals surface area contributed by atoms with Crippen LogP contribution in [0.2, 0.25) is 0 Å². The van der Waals surface area contributed by atoms with E-state index in [2.05, 4.69) is 25.6 Å². The van der Waals surface area contributed by atoms with E-state index in [9.17, 15) is 9.18 Å². The van der Waals surface area contributed by atoms with Crippen molar-refractivity contribution in [2.75, 3.05) is 11.9 Å². The number of aromatic nitrogens is 5. The van der Waals surface area contributed by atoms with Crippen LogP contribution < -0.4 is 5.32 Å². The first-order valence-corrected chi connectivity index (χ1v) is 10.3. The van der Waals surface area contributed by atoms with Gasteiger partial charge in [-0.05, 0) is 31.2 Å². The van der Waals surface area contributed by atoms with E-state index in [1.54, 1.807) is 53.7 Å². The van der Waals surface area contributed by atoms with Crippen LogP contribution in [0.15, 0.2) is 59.5 Å². The van der Waals surface area contributed by atoms with Crippen molar-refractivity contribution in [3.63, 3.8) is 0 Å². The Morgan fingerprint density at radius 3 is 3.00 bits per heavy atom. The molecule has 1 fully saturated rings. The Bertz CT molecular complexity index is 1200. The number of furan rings is 1. The lowest BCUT2D eigenvalue weighted by atomic mass is 9.87. The number of hydrogen-bond acceptors (Lipinski definition) is 6. The predicted molar refractivity (Wildman–Crippen MR) is 114 cm³/mol. The highest BCUT2D eigenvalue weighted by molar-refractivity contribution is 6.04. The van der Waals surface area contributed by atoms with Gasteiger partial charge in [0.2, 0.25) is 0 Å². The highest BCUT2D eigenvalue weighted by Gasteiger charge is 2.44. The number of ether oxygens (including phenoxy) is 1. The number of alkyl halides is 1. The van der Waals surface area contributed by atoms with Crippen LogP contribution in [0.5, 0.6) is 0 Å². The summed E-state index contributed by atoms with van der Waals surface area (Å²) >= 11 is 0. The van der Waals surface area contributed by atoms with Crippen molar-refractivity contribution >= 4 is 11.6 Å². The molecule has 1 aliphatic rings. The zero-order valence-electron chi connectivity index (χ0n) is 17.2. The second-order valence-corrected chi connectivity index (χ2v) is 7.43. The van der Waals surface area contributed by atoms with Gasteiger partial charge in [0.05, 0.1) is 35.3 Å². The number of nitrogens with zero attached hydrogens (tertiary/aromatic N) is 4. The maximum atomic E-state index is 14.6. The Morgan fingerprint density at radius 2 is 2.28 bits per heavy atom. The number of H-pyrrole nitrogens is 1. The summed E-state index contributed by atoms with van der Waals surface area (Å²) in [5.41, 5.74) is 2.17. The number of hydrogen-bond donors (Lipinski definition) is 2. The minimum atomic E-state index is -1.17. The van der Waals surface area contributed by atoms with Gasteiger partial charge in [0.1, 0.15) is 17.6 Å². The normalized spacial score (nSPS) is 20.1. The largest absolute Gasteiger partial charge is 0.451 e. The van der Waals surface area contributed by atoms with Crippen LogP contribution in [0.3, 0.4) is 0 Å². The molecule has 10 heteroatoms. The SMILES string of the molecule is CCO[C@@H]1CC(n2cc(NC(=O)c3ccc(-c4cn[nH]c4)o3)c(-c3ccccn3)n2)[C@@H]1F. The second kappa shape index (κ2) is 8.39. The number of aromatic amines is 1. The summed E-state index contributed by atoms with van der Waals surface area (Å²) in [6.07, 6.45) is 5.44. The van der Waals surface area contributed by atoms with Gasteiger partial charge >= 0.3 is 0 Å². The second-order valence-electron chi connectivity index (χ2n) is 7.43. The monoisotopic (exact) mass is 436 g/mol. The molecule has 4 heterocycles. The molecule has 4 aromatic heterocycles. The number of amides is 1. The van der Waals surface area contributed by atoms with Crippen molar-refractivity contribution in [2.24, 2.45) is 0 Å². The van der Waals surface area contributed by atoms with Crippen molar-refractivity contribution in [1.82, 2.24) is 25.0 Å². The van der Waals surface area contributed by atoms with E-state index in [0.717, 1.165) is 5.56 Å². The van der Waals surface area contributed by atoms with Crippen molar-refractivity contribution in [3.8, 4) is 22.7 Å². The minimum absolute atomic E-state index is 0.129. The van der Waals surface area contributed by atoms with Crippen LogP contribution in [0.1, 0.15) is 29.9 Å². The molecule has 0 radical (unpaired) electrons. The van der Waals surface area contributed by atoms with Crippen LogP contribution in [0, 0.1) is 0 Å². The lowest BCUT2D eigenvalue weighted by molar-refractivity contribution is -0.0921. The van der Waals surface area contributed by atoms with Crippen molar-refractivity contribution in [3.05, 3.63) is 60.9 Å². The van der Waals surface area contributed by atoms with E-state index in [-0.39, 0.29) is 5.76 Å². The summed E-state index contributed by atoms with van der Waals surface area (Å²) in [6, 6.07) is 8.20. The maximum absolute atomic E-state index is 14.6. The molecule has 1 unspecified atom stereocenters. The first-order valence-electron chi connectivity index (χ1n) is 10.3. The summed E-state index contributed by atoms with van der Waals surface area (Å²) in [6.45, 7) is 2.30. The summed E-state index contributed by atoms with van der Waals surface area (Å²) in [4.78, 5) is 17.2. The van der Waals surface area contributed by atoms with Gasteiger partial charge in [0, 0.05) is 31.6 Å². The van der Waals surface area contributed by atoms with Crippen LogP contribution in [0.4, 0.5) is 10.1 Å². The number of pyridine rings is 1. The third kappa shape index (κ3) is 3.69. The van der Waals surface area contributed by atoms with Crippen LogP contribution in [-0.4, -0.2) is 49.8 Å². The molecule has 1 amide bonds. The molecule has 1 saturated carbocycles. The zero-order valence-corrected chi connectivity index (χ0v) is 17.2. The summed E-state index contributed by atoms with van der Waals surface area (Å²) in [5, 5.41) is 13.9. The van der Waals surface area contributed by atoms with Crippen molar-refractivity contribution in [1.29, 1.82) is 0 Å². The van der Waals surface area contributed by atoms with Gasteiger partial charge in [-0.3, -0.25) is 19.6 Å². The first-order chi connectivity index (χ1) is 15.6. The fourth-order valence-corrected chi connectivity index (χ4v) is 3.71. The first kappa shape index (κ1) is 20.1. The minimum Gasteiger partial charge on any atom is -0.451 e. The number of anilines is 1. The third-order valence-electron chi connectivity index (χ3n) is 5.42. The number of carbonyl (C=O) groups is 1. The van der Waals surface area contributed by atoms with Crippen molar-refractivity contribution in [2.45, 2.75) is 31.7 Å². The average Bonchev–Trinajstić information content (AvgIpc) is 3.57. The fraction of sp³-hybridized carbons (Fsp3) is 0.273. The Kier molecular flexibility index (Phi) is 5.28. The molecule has 3 atom stereocenters. The van der Waals surface area contributed by atoms with Gasteiger partial charge in [-0.2, -0.15) is 10.2 Å². The van der Waals surface area contributed by atoms with E-state index >= 15 is 0 Å². The molecule has 2 N–H and O–H groups in total. The fourth-order valence-electron chi connectivity index (χ4n) is 3.71. The standard InChI is InChI=1S/C22H21FN6O3/c1-2-31-19-9-16(20(19)23)29-12-15(21(28-29)14-5-3-4-8-24-14)27-22(30)18-7-6-17(32-18)13-10-25-26-11-13/h3-8,10-12,16,19-20H,2,9H2,1H3,(H,25,26)(H,27,30)/t16?,19-,20+/m1/s1. The van der Waals surface area contributed by atoms with E-state index in [4.69, 9.17) is 9.15 Å². The Labute approximate surface area is 182 Å². The molecule has 164 valence electrons. The van der Waals surface area contributed by atoms with Gasteiger partial charge < -0.3 is 14.5 Å². The quantitative estimate of drug-likeness (QED) is 0.455. The van der Waals surface area contributed by atoms with Gasteiger partial charge in [-0.15, -0.1) is 0 Å². The predicted octanol–water partition coefficient (Wildman–Crippen LogP) is 3.87. The van der Waals surface area contributed by atoms with Crippen LogP contribution in [0.25, 0.3) is 22.7 Å². The topological polar surface area (TPSA) is 111 Å². The lowest BCUT2D eigenvalue weighted by Gasteiger charge is -2.38.